The molecule has 0 aliphatic heterocycles. The van der Waals surface area contributed by atoms with E-state index >= 15 is 0 Å². The van der Waals surface area contributed by atoms with Gasteiger partial charge in [-0.3, -0.25) is 4.79 Å². The van der Waals surface area contributed by atoms with Crippen molar-refractivity contribution >= 4 is 15.8 Å². The van der Waals surface area contributed by atoms with Crippen LogP contribution in [0.4, 0.5) is 0 Å². The molecule has 5 nitrogen and oxygen atoms in total. The molecule has 6 heteroatoms. The van der Waals surface area contributed by atoms with E-state index in [2.05, 4.69) is 0 Å². The maximum Gasteiger partial charge on any atom is 0.328 e. The molecular formula is C15H17NO4S. The van der Waals surface area contributed by atoms with E-state index in [4.69, 9.17) is 4.74 Å². The van der Waals surface area contributed by atoms with Crippen LogP contribution in [-0.4, -0.2) is 32.0 Å². The average molecular weight is 307 g/mol. The lowest BCUT2D eigenvalue weighted by atomic mass is 10.0. The summed E-state index contributed by atoms with van der Waals surface area (Å²) in [5.41, 5.74) is -0.944. The lowest BCUT2D eigenvalue weighted by Gasteiger charge is -2.08. The second-order valence-electron chi connectivity index (χ2n) is 4.96. The van der Waals surface area contributed by atoms with E-state index < -0.39 is 32.4 Å². The van der Waals surface area contributed by atoms with Crippen molar-refractivity contribution in [3.63, 3.8) is 0 Å². The topological polar surface area (TPSA) is 84.2 Å². The molecule has 0 heterocycles. The summed E-state index contributed by atoms with van der Waals surface area (Å²) in [6.07, 6.45) is 0. The van der Waals surface area contributed by atoms with Gasteiger partial charge in [-0.05, 0) is 12.5 Å². The van der Waals surface area contributed by atoms with Gasteiger partial charge >= 0.3 is 5.97 Å². The van der Waals surface area contributed by atoms with Crippen LogP contribution in [0.1, 0.15) is 25.3 Å². The van der Waals surface area contributed by atoms with E-state index in [-0.39, 0.29) is 12.4 Å². The number of rotatable bonds is 5. The Morgan fingerprint density at radius 3 is 2.43 bits per heavy atom. The Kier molecular flexibility index (Phi) is 4.06. The van der Waals surface area contributed by atoms with Crippen molar-refractivity contribution in [3.8, 4) is 6.07 Å². The molecule has 2 rings (SSSR count). The number of nitriles is 1. The molecule has 1 aromatic rings. The van der Waals surface area contributed by atoms with Crippen LogP contribution in [-0.2, 0) is 19.4 Å². The van der Waals surface area contributed by atoms with E-state index in [9.17, 15) is 18.5 Å². The van der Waals surface area contributed by atoms with Crippen LogP contribution in [0.5, 0.6) is 0 Å². The zero-order valence-electron chi connectivity index (χ0n) is 11.9. The third-order valence-electron chi connectivity index (χ3n) is 3.88. The fraction of sp³-hybridized carbons (Fsp3) is 0.467. The number of hydrogen-bond donors (Lipinski definition) is 0. The predicted octanol–water partition coefficient (Wildman–Crippen LogP) is 1.66. The first-order valence-electron chi connectivity index (χ1n) is 6.80. The van der Waals surface area contributed by atoms with E-state index in [1.54, 1.807) is 37.3 Å². The number of hydrogen-bond acceptors (Lipinski definition) is 5. The molecule has 0 N–H and O–H groups in total. The second kappa shape index (κ2) is 5.49. The van der Waals surface area contributed by atoms with E-state index in [0.717, 1.165) is 0 Å². The van der Waals surface area contributed by atoms with Crippen LogP contribution < -0.4 is 0 Å². The van der Waals surface area contributed by atoms with Crippen molar-refractivity contribution in [3.05, 3.63) is 35.9 Å². The molecule has 0 amide bonds. The van der Waals surface area contributed by atoms with Crippen LogP contribution in [0.25, 0.3) is 0 Å². The van der Waals surface area contributed by atoms with Gasteiger partial charge in [-0.15, -0.1) is 0 Å². The molecule has 112 valence electrons. The lowest BCUT2D eigenvalue weighted by Crippen LogP contribution is -2.26. The summed E-state index contributed by atoms with van der Waals surface area (Å²) in [5, 5.41) is 8.47. The molecule has 3 unspecified atom stereocenters. The summed E-state index contributed by atoms with van der Waals surface area (Å²) in [6.45, 7) is 3.26. The Morgan fingerprint density at radius 2 is 1.95 bits per heavy atom. The minimum absolute atomic E-state index is 0.107. The molecule has 3 atom stereocenters. The van der Waals surface area contributed by atoms with Crippen molar-refractivity contribution in [2.75, 3.05) is 12.4 Å². The standard InChI is InChI=1S/C15H17NO4S/c1-3-20-14(17)15(10-16)12(11-8-6-5-7-9-11)13(15)21(18,19)4-2/h5-9,12-13H,3-4H2,1-2H3. The molecule has 21 heavy (non-hydrogen) atoms. The largest absolute Gasteiger partial charge is 0.465 e. The fourth-order valence-electron chi connectivity index (χ4n) is 2.80. The minimum atomic E-state index is -3.53. The molecule has 0 bridgehead atoms. The normalized spacial score (nSPS) is 27.7. The molecule has 1 fully saturated rings. The van der Waals surface area contributed by atoms with Crippen LogP contribution >= 0.6 is 0 Å². The minimum Gasteiger partial charge on any atom is -0.465 e. The van der Waals surface area contributed by atoms with Gasteiger partial charge in [-0.25, -0.2) is 8.42 Å². The molecule has 0 aromatic heterocycles. The van der Waals surface area contributed by atoms with Crippen molar-refractivity contribution in [2.45, 2.75) is 25.0 Å². The van der Waals surface area contributed by atoms with Gasteiger partial charge in [0, 0.05) is 11.7 Å². The molecule has 1 saturated carbocycles. The third-order valence-corrected chi connectivity index (χ3v) is 6.10. The predicted molar refractivity (Wildman–Crippen MR) is 77.1 cm³/mol. The Bertz CT molecular complexity index is 677. The van der Waals surface area contributed by atoms with Gasteiger partial charge in [0.05, 0.1) is 12.7 Å². The number of carbonyl (C=O) groups is 1. The highest BCUT2D eigenvalue weighted by Crippen LogP contribution is 2.63. The summed E-state index contributed by atoms with van der Waals surface area (Å²) in [6, 6.07) is 10.7. The second-order valence-corrected chi connectivity index (χ2v) is 7.37. The highest BCUT2D eigenvalue weighted by molar-refractivity contribution is 7.92. The number of esters is 1. The monoisotopic (exact) mass is 307 g/mol. The highest BCUT2D eigenvalue weighted by Gasteiger charge is 2.77. The van der Waals surface area contributed by atoms with E-state index in [0.29, 0.717) is 5.56 Å². The van der Waals surface area contributed by atoms with Crippen LogP contribution in [0, 0.1) is 16.7 Å². The highest BCUT2D eigenvalue weighted by atomic mass is 32.2. The first kappa shape index (κ1) is 15.5. The van der Waals surface area contributed by atoms with Gasteiger partial charge in [0.15, 0.2) is 15.3 Å². The average Bonchev–Trinajstić information content (AvgIpc) is 3.20. The number of nitrogens with zero attached hydrogens (tertiary/aromatic N) is 1. The Hall–Kier alpha value is -1.87. The maximum absolute atomic E-state index is 12.3. The van der Waals surface area contributed by atoms with Gasteiger partial charge in [0.1, 0.15) is 5.25 Å². The van der Waals surface area contributed by atoms with Crippen molar-refractivity contribution in [2.24, 2.45) is 5.41 Å². The number of sulfone groups is 1. The van der Waals surface area contributed by atoms with Crippen LogP contribution in [0.2, 0.25) is 0 Å². The Balaban J connectivity index is 2.52. The molecule has 1 aliphatic rings. The summed E-state index contributed by atoms with van der Waals surface area (Å²) in [4.78, 5) is 12.2. The quantitative estimate of drug-likeness (QED) is 0.772. The van der Waals surface area contributed by atoms with Gasteiger partial charge < -0.3 is 4.74 Å². The third kappa shape index (κ3) is 2.32. The summed E-state index contributed by atoms with van der Waals surface area (Å²) < 4.78 is 29.5. The van der Waals surface area contributed by atoms with Gasteiger partial charge in [0.2, 0.25) is 0 Å². The number of ether oxygens (including phenoxy) is 1. The van der Waals surface area contributed by atoms with Crippen molar-refractivity contribution in [1.29, 1.82) is 5.26 Å². The van der Waals surface area contributed by atoms with Crippen molar-refractivity contribution in [1.82, 2.24) is 0 Å². The first-order valence-corrected chi connectivity index (χ1v) is 8.52. The molecular weight excluding hydrogens is 290 g/mol. The van der Waals surface area contributed by atoms with Crippen LogP contribution in [0.15, 0.2) is 30.3 Å². The van der Waals surface area contributed by atoms with Gasteiger partial charge in [-0.1, -0.05) is 37.3 Å². The molecule has 0 radical (unpaired) electrons. The molecule has 1 aliphatic carbocycles. The summed E-state index contributed by atoms with van der Waals surface area (Å²) in [7, 11) is -3.53. The van der Waals surface area contributed by atoms with E-state index in [1.807, 2.05) is 6.07 Å². The lowest BCUT2D eigenvalue weighted by molar-refractivity contribution is -0.147. The number of carbonyl (C=O) groups excluding carboxylic acids is 1. The Morgan fingerprint density at radius 1 is 1.33 bits per heavy atom. The maximum atomic E-state index is 12.3. The molecule has 1 aromatic carbocycles. The summed E-state index contributed by atoms with van der Waals surface area (Å²) >= 11 is 0. The molecule has 0 spiro atoms. The summed E-state index contributed by atoms with van der Waals surface area (Å²) in [5.74, 6) is -1.51. The zero-order valence-corrected chi connectivity index (χ0v) is 12.8. The van der Waals surface area contributed by atoms with Gasteiger partial charge in [0.25, 0.3) is 0 Å². The zero-order chi connectivity index (χ0) is 15.7. The smallest absolute Gasteiger partial charge is 0.328 e. The van der Waals surface area contributed by atoms with Gasteiger partial charge in [-0.2, -0.15) is 5.26 Å². The molecule has 0 saturated heterocycles. The Labute approximate surface area is 124 Å². The first-order chi connectivity index (χ1) is 9.95. The fourth-order valence-corrected chi connectivity index (χ4v) is 4.73. The van der Waals surface area contributed by atoms with E-state index in [1.165, 1.54) is 6.92 Å². The number of benzene rings is 1. The van der Waals surface area contributed by atoms with Crippen LogP contribution in [0.3, 0.4) is 0 Å². The van der Waals surface area contributed by atoms with Crippen molar-refractivity contribution < 1.29 is 17.9 Å². The SMILES string of the molecule is CCOC(=O)C1(C#N)C(c2ccccc2)C1S(=O)(=O)CC.